The minimum Gasteiger partial charge on any atom is -0.497 e. The summed E-state index contributed by atoms with van der Waals surface area (Å²) in [6.07, 6.45) is 2.30. The van der Waals surface area contributed by atoms with Crippen LogP contribution in [0.5, 0.6) is 5.75 Å². The fourth-order valence-electron chi connectivity index (χ4n) is 4.82. The molecule has 0 spiro atoms. The number of ether oxygens (including phenoxy) is 1. The van der Waals surface area contributed by atoms with E-state index in [4.69, 9.17) is 4.74 Å². The highest BCUT2D eigenvalue weighted by Gasteiger charge is 2.48. The van der Waals surface area contributed by atoms with Gasteiger partial charge in [-0.15, -0.1) is 0 Å². The Kier molecular flexibility index (Phi) is 7.01. The van der Waals surface area contributed by atoms with Gasteiger partial charge in [0.1, 0.15) is 5.75 Å². The van der Waals surface area contributed by atoms with E-state index in [0.717, 1.165) is 24.1 Å². The quantitative estimate of drug-likeness (QED) is 0.673. The molecule has 2 aromatic rings. The first-order valence-corrected chi connectivity index (χ1v) is 12.7. The van der Waals surface area contributed by atoms with Gasteiger partial charge < -0.3 is 14.7 Å². The van der Waals surface area contributed by atoms with Crippen molar-refractivity contribution in [2.24, 2.45) is 5.41 Å². The summed E-state index contributed by atoms with van der Waals surface area (Å²) in [5, 5.41) is 11.8. The van der Waals surface area contributed by atoms with E-state index in [1.807, 2.05) is 50.2 Å². The second kappa shape index (κ2) is 9.21. The number of methoxy groups -OCH3 is 1. The van der Waals surface area contributed by atoms with E-state index in [1.165, 1.54) is 0 Å². The Morgan fingerprint density at radius 1 is 1.13 bits per heavy atom. The summed E-state index contributed by atoms with van der Waals surface area (Å²) in [5.41, 5.74) is 1.89. The van der Waals surface area contributed by atoms with Gasteiger partial charge in [-0.25, -0.2) is 8.42 Å². The molecule has 0 fully saturated rings. The van der Waals surface area contributed by atoms with Crippen molar-refractivity contribution < 1.29 is 18.3 Å². The normalized spacial score (nSPS) is 24.8. The van der Waals surface area contributed by atoms with Crippen LogP contribution in [0, 0.1) is 5.41 Å². The van der Waals surface area contributed by atoms with Gasteiger partial charge in [-0.05, 0) is 54.3 Å². The molecule has 0 saturated carbocycles. The maximum Gasteiger partial charge on any atom is 0.179 e. The van der Waals surface area contributed by atoms with Crippen molar-refractivity contribution in [3.05, 3.63) is 53.6 Å². The van der Waals surface area contributed by atoms with Crippen LogP contribution < -0.4 is 9.64 Å². The van der Waals surface area contributed by atoms with E-state index in [0.29, 0.717) is 29.1 Å². The Bertz CT molecular complexity index is 1000. The first-order chi connectivity index (χ1) is 14.7. The monoisotopic (exact) mass is 445 g/mol. The molecule has 0 radical (unpaired) electrons. The Balaban J connectivity index is 2.27. The molecule has 1 aliphatic heterocycles. The van der Waals surface area contributed by atoms with E-state index in [-0.39, 0.29) is 5.75 Å². The Hall–Kier alpha value is -2.05. The third-order valence-electron chi connectivity index (χ3n) is 6.81. The van der Waals surface area contributed by atoms with Crippen LogP contribution in [0.15, 0.2) is 47.4 Å². The zero-order chi connectivity index (χ0) is 22.8. The lowest BCUT2D eigenvalue weighted by molar-refractivity contribution is 0.0174. The third-order valence-corrected chi connectivity index (χ3v) is 8.81. The second-order valence-corrected chi connectivity index (χ2v) is 10.8. The highest BCUT2D eigenvalue weighted by Crippen LogP contribution is 2.49. The maximum absolute atomic E-state index is 13.5. The molecule has 0 amide bonds. The summed E-state index contributed by atoms with van der Waals surface area (Å²) in [7, 11) is 1.96. The fraction of sp³-hybridized carbons (Fsp3) is 0.520. The molecule has 1 N–H and O–H groups in total. The van der Waals surface area contributed by atoms with Gasteiger partial charge in [-0.1, -0.05) is 38.8 Å². The van der Waals surface area contributed by atoms with E-state index in [1.54, 1.807) is 25.3 Å². The predicted molar refractivity (Wildman–Crippen MR) is 126 cm³/mol. The Labute approximate surface area is 187 Å². The zero-order valence-corrected chi connectivity index (χ0v) is 20.1. The minimum absolute atomic E-state index is 0.0384. The summed E-state index contributed by atoms with van der Waals surface area (Å²) < 4.78 is 32.5. The highest BCUT2D eigenvalue weighted by atomic mass is 32.2. The standard InChI is InChI=1S/C25H35NO4S/c1-6-8-15-25(7-2)17-31(28,29)22-14-13-20(30-5)16-21(22)23(24(25)27)18-9-11-19(12-10-18)26(3)4/h9-14,16,23-24,27H,6-8,15,17H2,1-5H3/t23-,24?,25?/m1/s1. The molecule has 5 nitrogen and oxygen atoms in total. The van der Waals surface area contributed by atoms with Gasteiger partial charge in [0, 0.05) is 31.1 Å². The van der Waals surface area contributed by atoms with E-state index in [2.05, 4.69) is 6.92 Å². The van der Waals surface area contributed by atoms with Crippen LogP contribution in [-0.4, -0.2) is 46.6 Å². The lowest BCUT2D eigenvalue weighted by Crippen LogP contribution is -2.42. The van der Waals surface area contributed by atoms with Crippen LogP contribution >= 0.6 is 0 Å². The average Bonchev–Trinajstić information content (AvgIpc) is 2.83. The molecular formula is C25H35NO4S. The number of unbranched alkanes of at least 4 members (excludes halogenated alkanes) is 1. The molecule has 0 aliphatic carbocycles. The number of hydrogen-bond donors (Lipinski definition) is 1. The molecule has 0 bridgehead atoms. The van der Waals surface area contributed by atoms with Crippen molar-refractivity contribution in [1.82, 2.24) is 0 Å². The largest absolute Gasteiger partial charge is 0.497 e. The number of benzene rings is 2. The lowest BCUT2D eigenvalue weighted by atomic mass is 9.69. The van der Waals surface area contributed by atoms with Gasteiger partial charge in [0.2, 0.25) is 0 Å². The van der Waals surface area contributed by atoms with Crippen molar-refractivity contribution >= 4 is 15.5 Å². The molecule has 0 aromatic heterocycles. The van der Waals surface area contributed by atoms with E-state index >= 15 is 0 Å². The van der Waals surface area contributed by atoms with Crippen LogP contribution in [0.4, 0.5) is 5.69 Å². The van der Waals surface area contributed by atoms with Crippen molar-refractivity contribution in [3.8, 4) is 5.75 Å². The molecule has 3 atom stereocenters. The van der Waals surface area contributed by atoms with Crippen molar-refractivity contribution in [2.45, 2.75) is 56.4 Å². The summed E-state index contributed by atoms with van der Waals surface area (Å²) >= 11 is 0. The molecule has 31 heavy (non-hydrogen) atoms. The molecular weight excluding hydrogens is 410 g/mol. The van der Waals surface area contributed by atoms with E-state index in [9.17, 15) is 13.5 Å². The molecule has 3 rings (SSSR count). The van der Waals surface area contributed by atoms with Crippen LogP contribution in [0.3, 0.4) is 0 Å². The summed E-state index contributed by atoms with van der Waals surface area (Å²) in [6.45, 7) is 4.09. The summed E-state index contributed by atoms with van der Waals surface area (Å²) in [4.78, 5) is 2.33. The lowest BCUT2D eigenvalue weighted by Gasteiger charge is -2.39. The number of rotatable bonds is 7. The number of nitrogens with zero attached hydrogens (tertiary/aromatic N) is 1. The topological polar surface area (TPSA) is 66.8 Å². The van der Waals surface area contributed by atoms with Crippen molar-refractivity contribution in [2.75, 3.05) is 31.9 Å². The van der Waals surface area contributed by atoms with Gasteiger partial charge in [0.05, 0.1) is 23.9 Å². The molecule has 0 saturated heterocycles. The second-order valence-electron chi connectivity index (χ2n) is 8.89. The first-order valence-electron chi connectivity index (χ1n) is 11.0. The third kappa shape index (κ3) is 4.46. The fourth-order valence-corrected chi connectivity index (χ4v) is 7.08. The molecule has 1 aliphatic rings. The number of aliphatic hydroxyl groups excluding tert-OH is 1. The number of sulfone groups is 1. The highest BCUT2D eigenvalue weighted by molar-refractivity contribution is 7.91. The van der Waals surface area contributed by atoms with Crippen LogP contribution in [0.2, 0.25) is 0 Å². The molecule has 170 valence electrons. The molecule has 6 heteroatoms. The minimum atomic E-state index is -3.57. The van der Waals surface area contributed by atoms with Gasteiger partial charge in [0.25, 0.3) is 0 Å². The van der Waals surface area contributed by atoms with Gasteiger partial charge in [-0.2, -0.15) is 0 Å². The Morgan fingerprint density at radius 2 is 1.81 bits per heavy atom. The summed E-state index contributed by atoms with van der Waals surface area (Å²) in [5.74, 6) is 0.104. The molecule has 2 aromatic carbocycles. The molecule has 2 unspecified atom stereocenters. The average molecular weight is 446 g/mol. The van der Waals surface area contributed by atoms with Crippen molar-refractivity contribution in [3.63, 3.8) is 0 Å². The van der Waals surface area contributed by atoms with Crippen LogP contribution in [-0.2, 0) is 9.84 Å². The number of hydrogen-bond acceptors (Lipinski definition) is 5. The smallest absolute Gasteiger partial charge is 0.179 e. The van der Waals surface area contributed by atoms with Gasteiger partial charge in [-0.3, -0.25) is 0 Å². The molecule has 1 heterocycles. The van der Waals surface area contributed by atoms with Gasteiger partial charge >= 0.3 is 0 Å². The van der Waals surface area contributed by atoms with E-state index < -0.39 is 27.3 Å². The summed E-state index contributed by atoms with van der Waals surface area (Å²) in [6, 6.07) is 13.2. The zero-order valence-electron chi connectivity index (χ0n) is 19.3. The number of fused-ring (bicyclic) bond motifs is 1. The predicted octanol–water partition coefficient (Wildman–Crippen LogP) is 4.63. The van der Waals surface area contributed by atoms with Crippen molar-refractivity contribution in [1.29, 1.82) is 0 Å². The number of aliphatic hydroxyl groups is 1. The maximum atomic E-state index is 13.5. The SMILES string of the molecule is CCCCC1(CC)CS(=O)(=O)c2ccc(OC)cc2[C@@H](c2ccc(N(C)C)cc2)C1O. The number of anilines is 1. The first kappa shape index (κ1) is 23.6. The van der Waals surface area contributed by atoms with Crippen LogP contribution in [0.25, 0.3) is 0 Å². The Morgan fingerprint density at radius 3 is 2.35 bits per heavy atom. The van der Waals surface area contributed by atoms with Gasteiger partial charge in [0.15, 0.2) is 9.84 Å². The van der Waals surface area contributed by atoms with Crippen LogP contribution in [0.1, 0.15) is 56.6 Å².